The molecule has 2 saturated carbocycles. The number of carbonyl (C=O) groups is 1. The van der Waals surface area contributed by atoms with E-state index in [0.29, 0.717) is 11.5 Å². The van der Waals surface area contributed by atoms with Crippen LogP contribution in [0, 0.1) is 18.8 Å². The van der Waals surface area contributed by atoms with Gasteiger partial charge in [-0.15, -0.1) is 0 Å². The van der Waals surface area contributed by atoms with Gasteiger partial charge in [-0.1, -0.05) is 39.0 Å². The minimum atomic E-state index is 0. The van der Waals surface area contributed by atoms with Crippen LogP contribution in [-0.4, -0.2) is 22.1 Å². The Bertz CT molecular complexity index is 418. The normalized spacial score (nSPS) is 23.3. The highest BCUT2D eigenvalue weighted by molar-refractivity contribution is 5.78. The topological polar surface area (TPSA) is 57.5 Å². The van der Waals surface area contributed by atoms with Crippen LogP contribution in [0.3, 0.4) is 0 Å². The van der Waals surface area contributed by atoms with E-state index in [4.69, 9.17) is 10.2 Å². The fraction of sp³-hybridized carbons (Fsp3) is 0.682. The van der Waals surface area contributed by atoms with Crippen molar-refractivity contribution in [3.8, 4) is 5.75 Å². The van der Waals surface area contributed by atoms with E-state index in [0.717, 1.165) is 50.4 Å². The molecule has 1 aromatic carbocycles. The molecular weight excluding hydrogens is 312 g/mol. The summed E-state index contributed by atoms with van der Waals surface area (Å²) in [4.78, 5) is 10.6. The summed E-state index contributed by atoms with van der Waals surface area (Å²) in [5.41, 5.74) is 1.17. The van der Waals surface area contributed by atoms with Gasteiger partial charge in [0, 0.05) is 12.8 Å². The van der Waals surface area contributed by atoms with E-state index in [2.05, 4.69) is 13.8 Å². The van der Waals surface area contributed by atoms with Crippen molar-refractivity contribution in [2.45, 2.75) is 85.7 Å². The summed E-state index contributed by atoms with van der Waals surface area (Å²) in [6.45, 7) is 6.46. The van der Waals surface area contributed by atoms with Crippen LogP contribution >= 0.6 is 0 Å². The Morgan fingerprint density at radius 1 is 0.840 bits per heavy atom. The van der Waals surface area contributed by atoms with Gasteiger partial charge < -0.3 is 10.2 Å². The number of Topliss-reactive ketones (excluding diaryl/α,β-unsaturated/α-hetero) is 1. The Balaban J connectivity index is 0.000000339. The van der Waals surface area contributed by atoms with E-state index in [1.807, 2.05) is 19.1 Å². The average Bonchev–Trinajstić information content (AvgIpc) is 2.57. The maximum atomic E-state index is 10.6. The van der Waals surface area contributed by atoms with Gasteiger partial charge in [-0.2, -0.15) is 0 Å². The van der Waals surface area contributed by atoms with Gasteiger partial charge in [-0.3, -0.25) is 4.79 Å². The summed E-state index contributed by atoms with van der Waals surface area (Å²) in [6.07, 6.45) is 8.44. The lowest BCUT2D eigenvalue weighted by molar-refractivity contribution is -0.120. The largest absolute Gasteiger partial charge is 0.508 e. The van der Waals surface area contributed by atoms with Gasteiger partial charge in [0.1, 0.15) is 11.5 Å². The highest BCUT2D eigenvalue weighted by atomic mass is 16.3. The molecule has 0 unspecified atom stereocenters. The molecule has 3 heteroatoms. The minimum Gasteiger partial charge on any atom is -0.508 e. The molecule has 0 bridgehead atoms. The van der Waals surface area contributed by atoms with Crippen molar-refractivity contribution in [1.82, 2.24) is 0 Å². The molecule has 0 spiro atoms. The lowest BCUT2D eigenvalue weighted by atomic mass is 9.89. The molecule has 0 saturated heterocycles. The second-order valence-electron chi connectivity index (χ2n) is 7.47. The van der Waals surface area contributed by atoms with E-state index in [1.165, 1.54) is 18.4 Å². The SMILES string of the molecule is C.CC1CCC(=O)CC1.CC1CCC(O)CC1.Cc1ccc(O)cc1. The molecule has 0 aliphatic heterocycles. The number of hydrogen-bond donors (Lipinski definition) is 2. The number of aromatic hydroxyl groups is 1. The van der Waals surface area contributed by atoms with Crippen molar-refractivity contribution in [2.75, 3.05) is 0 Å². The number of carbonyl (C=O) groups excluding carboxylic acids is 1. The first-order valence-electron chi connectivity index (χ1n) is 9.32. The molecule has 0 aromatic heterocycles. The van der Waals surface area contributed by atoms with Gasteiger partial charge in [0.05, 0.1) is 6.10 Å². The number of ketones is 1. The molecule has 0 atom stereocenters. The molecule has 3 nitrogen and oxygen atoms in total. The van der Waals surface area contributed by atoms with Crippen LogP contribution in [0.15, 0.2) is 24.3 Å². The number of benzene rings is 1. The fourth-order valence-electron chi connectivity index (χ4n) is 2.87. The molecule has 25 heavy (non-hydrogen) atoms. The lowest BCUT2D eigenvalue weighted by Crippen LogP contribution is -2.15. The van der Waals surface area contributed by atoms with Crippen molar-refractivity contribution < 1.29 is 15.0 Å². The van der Waals surface area contributed by atoms with Crippen molar-refractivity contribution in [3.05, 3.63) is 29.8 Å². The summed E-state index contributed by atoms with van der Waals surface area (Å²) in [5, 5.41) is 17.8. The van der Waals surface area contributed by atoms with Crippen molar-refractivity contribution in [3.63, 3.8) is 0 Å². The van der Waals surface area contributed by atoms with Crippen LogP contribution in [-0.2, 0) is 4.79 Å². The van der Waals surface area contributed by atoms with Crippen LogP contribution in [0.2, 0.25) is 0 Å². The first kappa shape index (κ1) is 23.6. The molecular formula is C22H38O3. The smallest absolute Gasteiger partial charge is 0.132 e. The maximum absolute atomic E-state index is 10.6. The monoisotopic (exact) mass is 350 g/mol. The molecule has 2 fully saturated rings. The number of phenolic OH excluding ortho intramolecular Hbond substituents is 1. The Hall–Kier alpha value is -1.35. The highest BCUT2D eigenvalue weighted by Crippen LogP contribution is 2.22. The first-order chi connectivity index (χ1) is 11.4. The zero-order valence-electron chi connectivity index (χ0n) is 15.5. The lowest BCUT2D eigenvalue weighted by Gasteiger charge is -2.21. The van der Waals surface area contributed by atoms with Gasteiger partial charge >= 0.3 is 0 Å². The first-order valence-corrected chi connectivity index (χ1v) is 9.32. The summed E-state index contributed by atoms with van der Waals surface area (Å²) < 4.78 is 0. The Morgan fingerprint density at radius 2 is 1.28 bits per heavy atom. The molecule has 2 N–H and O–H groups in total. The molecule has 0 heterocycles. The highest BCUT2D eigenvalue weighted by Gasteiger charge is 2.14. The molecule has 144 valence electrons. The van der Waals surface area contributed by atoms with Gasteiger partial charge in [-0.05, 0) is 69.4 Å². The third kappa shape index (κ3) is 11.8. The predicted molar refractivity (Wildman–Crippen MR) is 106 cm³/mol. The molecule has 1 aromatic rings. The summed E-state index contributed by atoms with van der Waals surface area (Å²) in [6, 6.07) is 7.09. The number of aliphatic hydroxyl groups is 1. The molecule has 2 aliphatic rings. The number of hydrogen-bond acceptors (Lipinski definition) is 3. The zero-order valence-corrected chi connectivity index (χ0v) is 15.5. The van der Waals surface area contributed by atoms with Gasteiger partial charge in [-0.25, -0.2) is 0 Å². The minimum absolute atomic E-state index is 0. The Labute approximate surface area is 154 Å². The van der Waals surface area contributed by atoms with Gasteiger partial charge in [0.2, 0.25) is 0 Å². The molecule has 3 rings (SSSR count). The second-order valence-corrected chi connectivity index (χ2v) is 7.47. The van der Waals surface area contributed by atoms with E-state index in [-0.39, 0.29) is 13.5 Å². The number of aliphatic hydroxyl groups excluding tert-OH is 1. The Kier molecular flexibility index (Phi) is 12.2. The van der Waals surface area contributed by atoms with Crippen LogP contribution in [0.4, 0.5) is 0 Å². The van der Waals surface area contributed by atoms with E-state index in [1.54, 1.807) is 12.1 Å². The van der Waals surface area contributed by atoms with Crippen molar-refractivity contribution in [1.29, 1.82) is 0 Å². The summed E-state index contributed by atoms with van der Waals surface area (Å²) in [5.74, 6) is 2.45. The Morgan fingerprint density at radius 3 is 1.64 bits per heavy atom. The van der Waals surface area contributed by atoms with E-state index >= 15 is 0 Å². The third-order valence-corrected chi connectivity index (χ3v) is 4.85. The van der Waals surface area contributed by atoms with Gasteiger partial charge in [0.25, 0.3) is 0 Å². The van der Waals surface area contributed by atoms with E-state index < -0.39 is 0 Å². The van der Waals surface area contributed by atoms with Crippen LogP contribution in [0.5, 0.6) is 5.75 Å². The number of aryl methyl sites for hydroxylation is 1. The van der Waals surface area contributed by atoms with Crippen LogP contribution in [0.25, 0.3) is 0 Å². The summed E-state index contributed by atoms with van der Waals surface area (Å²) in [7, 11) is 0. The zero-order chi connectivity index (χ0) is 17.9. The quantitative estimate of drug-likeness (QED) is 0.635. The molecule has 2 aliphatic carbocycles. The second kappa shape index (κ2) is 12.9. The predicted octanol–water partition coefficient (Wildman–Crippen LogP) is 5.66. The van der Waals surface area contributed by atoms with E-state index in [9.17, 15) is 4.79 Å². The number of phenols is 1. The van der Waals surface area contributed by atoms with Crippen LogP contribution in [0.1, 0.15) is 78.2 Å². The number of rotatable bonds is 0. The van der Waals surface area contributed by atoms with Gasteiger partial charge in [0.15, 0.2) is 0 Å². The summed E-state index contributed by atoms with van der Waals surface area (Å²) >= 11 is 0. The average molecular weight is 351 g/mol. The third-order valence-electron chi connectivity index (χ3n) is 4.85. The van der Waals surface area contributed by atoms with Crippen LogP contribution < -0.4 is 0 Å². The fourth-order valence-corrected chi connectivity index (χ4v) is 2.87. The van der Waals surface area contributed by atoms with Crippen molar-refractivity contribution >= 4 is 5.78 Å². The molecule has 0 radical (unpaired) electrons. The maximum Gasteiger partial charge on any atom is 0.132 e. The molecule has 0 amide bonds. The van der Waals surface area contributed by atoms with Crippen molar-refractivity contribution in [2.24, 2.45) is 11.8 Å². The standard InChI is InChI=1S/C7H14O.C7H12O.C7H8O.CH4/c3*1-6-2-4-7(8)5-3-6;/h6-8H,2-5H2,1H3;6H,2-5H2,1H3;2-5,8H,1H3;1H4.